The van der Waals surface area contributed by atoms with Crippen molar-refractivity contribution in [1.29, 1.82) is 0 Å². The number of carbonyl (C=O) groups excluding carboxylic acids is 1. The van der Waals surface area contributed by atoms with E-state index in [-0.39, 0.29) is 5.91 Å². The molecule has 0 saturated heterocycles. The third-order valence-electron chi connectivity index (χ3n) is 3.55. The van der Waals surface area contributed by atoms with Gasteiger partial charge in [0.1, 0.15) is 0 Å². The molecule has 1 aliphatic carbocycles. The van der Waals surface area contributed by atoms with Crippen LogP contribution in [0.15, 0.2) is 30.5 Å². The third kappa shape index (κ3) is 2.96. The van der Waals surface area contributed by atoms with Gasteiger partial charge in [-0.3, -0.25) is 4.79 Å². The standard InChI is InChI=1S/C15H19N3O/c19-15(11-4-5-11)18-9-8-16-10-12-2-1-3-14-13(12)6-7-17-14/h1-3,6-7,11,16-17H,4-5,8-10H2,(H,18,19). The average Bonchev–Trinajstić information content (AvgIpc) is 3.16. The van der Waals surface area contributed by atoms with E-state index in [0.29, 0.717) is 12.5 Å². The van der Waals surface area contributed by atoms with Gasteiger partial charge in [-0.1, -0.05) is 12.1 Å². The average molecular weight is 257 g/mol. The summed E-state index contributed by atoms with van der Waals surface area (Å²) in [7, 11) is 0. The number of amides is 1. The summed E-state index contributed by atoms with van der Waals surface area (Å²) in [6.45, 7) is 2.34. The molecule has 2 aromatic rings. The number of benzene rings is 1. The van der Waals surface area contributed by atoms with Gasteiger partial charge in [-0.25, -0.2) is 0 Å². The molecule has 100 valence electrons. The minimum absolute atomic E-state index is 0.217. The predicted molar refractivity (Wildman–Crippen MR) is 75.7 cm³/mol. The van der Waals surface area contributed by atoms with Gasteiger partial charge in [0, 0.05) is 42.7 Å². The van der Waals surface area contributed by atoms with Crippen LogP contribution in [0.25, 0.3) is 10.9 Å². The number of hydrogen-bond acceptors (Lipinski definition) is 2. The van der Waals surface area contributed by atoms with E-state index in [2.05, 4.69) is 39.9 Å². The zero-order chi connectivity index (χ0) is 13.1. The number of aromatic nitrogens is 1. The van der Waals surface area contributed by atoms with Crippen molar-refractivity contribution in [2.45, 2.75) is 19.4 Å². The summed E-state index contributed by atoms with van der Waals surface area (Å²) >= 11 is 0. The highest BCUT2D eigenvalue weighted by Gasteiger charge is 2.28. The normalized spacial score (nSPS) is 14.7. The molecule has 0 atom stereocenters. The van der Waals surface area contributed by atoms with Gasteiger partial charge in [0.05, 0.1) is 0 Å². The molecule has 0 spiro atoms. The lowest BCUT2D eigenvalue weighted by Crippen LogP contribution is -2.32. The first-order valence-corrected chi connectivity index (χ1v) is 6.88. The molecule has 19 heavy (non-hydrogen) atoms. The Labute approximate surface area is 112 Å². The number of aromatic amines is 1. The topological polar surface area (TPSA) is 56.9 Å². The van der Waals surface area contributed by atoms with E-state index in [9.17, 15) is 4.79 Å². The highest BCUT2D eigenvalue weighted by Crippen LogP contribution is 2.28. The van der Waals surface area contributed by atoms with Gasteiger partial charge in [0.2, 0.25) is 5.91 Å². The van der Waals surface area contributed by atoms with E-state index in [4.69, 9.17) is 0 Å². The Morgan fingerprint density at radius 1 is 1.26 bits per heavy atom. The van der Waals surface area contributed by atoms with Gasteiger partial charge >= 0.3 is 0 Å². The Hall–Kier alpha value is -1.81. The molecule has 0 unspecified atom stereocenters. The van der Waals surface area contributed by atoms with Crippen molar-refractivity contribution < 1.29 is 4.79 Å². The molecule has 1 aromatic heterocycles. The van der Waals surface area contributed by atoms with Crippen molar-refractivity contribution in [1.82, 2.24) is 15.6 Å². The van der Waals surface area contributed by atoms with E-state index in [0.717, 1.165) is 25.9 Å². The number of nitrogens with one attached hydrogen (secondary N) is 3. The molecule has 0 aliphatic heterocycles. The maximum Gasteiger partial charge on any atom is 0.223 e. The first-order chi connectivity index (χ1) is 9.34. The molecule has 3 rings (SSSR count). The minimum atomic E-state index is 0.217. The molecule has 1 saturated carbocycles. The van der Waals surface area contributed by atoms with Gasteiger partial charge in [0.15, 0.2) is 0 Å². The van der Waals surface area contributed by atoms with Crippen molar-refractivity contribution in [3.63, 3.8) is 0 Å². The van der Waals surface area contributed by atoms with Crippen LogP contribution in [0, 0.1) is 5.92 Å². The molecule has 4 nitrogen and oxygen atoms in total. The molecule has 4 heteroatoms. The molecular weight excluding hydrogens is 238 g/mol. The fraction of sp³-hybridized carbons (Fsp3) is 0.400. The van der Waals surface area contributed by atoms with Crippen molar-refractivity contribution in [3.05, 3.63) is 36.0 Å². The fourth-order valence-electron chi connectivity index (χ4n) is 2.29. The largest absolute Gasteiger partial charge is 0.361 e. The highest BCUT2D eigenvalue weighted by molar-refractivity contribution is 5.82. The van der Waals surface area contributed by atoms with E-state index in [1.807, 2.05) is 6.20 Å². The summed E-state index contributed by atoms with van der Waals surface area (Å²) in [5.74, 6) is 0.517. The van der Waals surface area contributed by atoms with Crippen LogP contribution in [0.2, 0.25) is 0 Å². The molecule has 1 aliphatic rings. The summed E-state index contributed by atoms with van der Waals surface area (Å²) in [5, 5.41) is 7.59. The SMILES string of the molecule is O=C(NCCNCc1cccc2[nH]ccc12)C1CC1. The number of rotatable bonds is 6. The van der Waals surface area contributed by atoms with Gasteiger partial charge < -0.3 is 15.6 Å². The molecule has 0 bridgehead atoms. The summed E-state index contributed by atoms with van der Waals surface area (Å²) in [4.78, 5) is 14.6. The van der Waals surface area contributed by atoms with Crippen molar-refractivity contribution in [2.24, 2.45) is 5.92 Å². The van der Waals surface area contributed by atoms with Gasteiger partial charge in [-0.2, -0.15) is 0 Å². The minimum Gasteiger partial charge on any atom is -0.361 e. The van der Waals surface area contributed by atoms with Gasteiger partial charge in [0.25, 0.3) is 0 Å². The van der Waals surface area contributed by atoms with Crippen LogP contribution >= 0.6 is 0 Å². The molecule has 1 aromatic carbocycles. The van der Waals surface area contributed by atoms with Gasteiger partial charge in [-0.15, -0.1) is 0 Å². The zero-order valence-electron chi connectivity index (χ0n) is 10.9. The summed E-state index contributed by atoms with van der Waals surface area (Å²) < 4.78 is 0. The highest BCUT2D eigenvalue weighted by atomic mass is 16.2. The number of fused-ring (bicyclic) bond motifs is 1. The lowest BCUT2D eigenvalue weighted by Gasteiger charge is -2.07. The maximum absolute atomic E-state index is 11.4. The zero-order valence-corrected chi connectivity index (χ0v) is 10.9. The first-order valence-electron chi connectivity index (χ1n) is 6.88. The second-order valence-corrected chi connectivity index (χ2v) is 5.10. The van der Waals surface area contributed by atoms with Crippen LogP contribution in [0.3, 0.4) is 0 Å². The Morgan fingerprint density at radius 3 is 3.00 bits per heavy atom. The van der Waals surface area contributed by atoms with Crippen molar-refractivity contribution in [2.75, 3.05) is 13.1 Å². The van der Waals surface area contributed by atoms with E-state index in [1.54, 1.807) is 0 Å². The number of carbonyl (C=O) groups is 1. The van der Waals surface area contributed by atoms with Crippen LogP contribution in [0.5, 0.6) is 0 Å². The second kappa shape index (κ2) is 5.45. The molecule has 3 N–H and O–H groups in total. The monoisotopic (exact) mass is 257 g/mol. The van der Waals surface area contributed by atoms with Crippen LogP contribution in [-0.4, -0.2) is 24.0 Å². The predicted octanol–water partition coefficient (Wildman–Crippen LogP) is 1.78. The maximum atomic E-state index is 11.4. The smallest absolute Gasteiger partial charge is 0.223 e. The molecular formula is C15H19N3O. The fourth-order valence-corrected chi connectivity index (χ4v) is 2.29. The van der Waals surface area contributed by atoms with Crippen LogP contribution in [-0.2, 0) is 11.3 Å². The summed E-state index contributed by atoms with van der Waals surface area (Å²) in [6, 6.07) is 8.37. The third-order valence-corrected chi connectivity index (χ3v) is 3.55. The van der Waals surface area contributed by atoms with E-state index in [1.165, 1.54) is 16.5 Å². The van der Waals surface area contributed by atoms with Crippen LogP contribution < -0.4 is 10.6 Å². The number of hydrogen-bond donors (Lipinski definition) is 3. The lowest BCUT2D eigenvalue weighted by molar-refractivity contribution is -0.122. The molecule has 1 heterocycles. The van der Waals surface area contributed by atoms with Gasteiger partial charge in [-0.05, 0) is 30.5 Å². The van der Waals surface area contributed by atoms with Crippen LogP contribution in [0.1, 0.15) is 18.4 Å². The summed E-state index contributed by atoms with van der Waals surface area (Å²) in [5.41, 5.74) is 2.45. The molecule has 0 radical (unpaired) electrons. The number of H-pyrrole nitrogens is 1. The Kier molecular flexibility index (Phi) is 3.51. The van der Waals surface area contributed by atoms with Crippen molar-refractivity contribution >= 4 is 16.8 Å². The Bertz CT molecular complexity index is 572. The Balaban J connectivity index is 1.44. The molecule has 1 amide bonds. The van der Waals surface area contributed by atoms with Crippen LogP contribution in [0.4, 0.5) is 0 Å². The lowest BCUT2D eigenvalue weighted by atomic mass is 10.1. The first kappa shape index (κ1) is 12.2. The van der Waals surface area contributed by atoms with E-state index < -0.39 is 0 Å². The van der Waals surface area contributed by atoms with E-state index >= 15 is 0 Å². The quantitative estimate of drug-likeness (QED) is 0.691. The second-order valence-electron chi connectivity index (χ2n) is 5.10. The molecule has 1 fully saturated rings. The summed E-state index contributed by atoms with van der Waals surface area (Å²) in [6.07, 6.45) is 4.09. The van der Waals surface area contributed by atoms with Crippen molar-refractivity contribution in [3.8, 4) is 0 Å². The Morgan fingerprint density at radius 2 is 2.16 bits per heavy atom.